The van der Waals surface area contributed by atoms with Gasteiger partial charge in [0.05, 0.1) is 35.1 Å². The Morgan fingerprint density at radius 2 is 1.91 bits per heavy atom. The van der Waals surface area contributed by atoms with Gasteiger partial charge in [0.25, 0.3) is 0 Å². The molecule has 1 aromatic carbocycles. The topological polar surface area (TPSA) is 86.2 Å². The molecule has 176 valence electrons. The number of nitrogens with one attached hydrogen (secondary N) is 3. The van der Waals surface area contributed by atoms with Crippen molar-refractivity contribution in [2.45, 2.75) is 67.9 Å². The lowest BCUT2D eigenvalue weighted by molar-refractivity contribution is -0.127. The third kappa shape index (κ3) is 4.77. The second kappa shape index (κ2) is 9.87. The quantitative estimate of drug-likeness (QED) is 0.415. The van der Waals surface area contributed by atoms with Crippen molar-refractivity contribution in [2.24, 2.45) is 23.7 Å². The largest absolute Gasteiger partial charge is 0.358 e. The Balaban J connectivity index is 1.24. The summed E-state index contributed by atoms with van der Waals surface area (Å²) in [7, 11) is 0. The normalized spacial score (nSPS) is 40.5. The molecule has 9 atom stereocenters. The molecule has 1 aromatic rings. The van der Waals surface area contributed by atoms with Crippen molar-refractivity contribution in [2.75, 3.05) is 6.54 Å². The van der Waals surface area contributed by atoms with Gasteiger partial charge in [-0.3, -0.25) is 10.1 Å². The molecule has 1 amide bonds. The summed E-state index contributed by atoms with van der Waals surface area (Å²) in [5, 5.41) is 20.3. The van der Waals surface area contributed by atoms with Gasteiger partial charge in [0.15, 0.2) is 6.10 Å². The third-order valence-electron chi connectivity index (χ3n) is 7.96. The molecular formula is C26H33BrN4O2. The fourth-order valence-corrected chi connectivity index (χ4v) is 7.03. The number of alkyl halides is 1. The first-order valence-corrected chi connectivity index (χ1v) is 13.2. The zero-order chi connectivity index (χ0) is 22.9. The lowest BCUT2D eigenvalue weighted by atomic mass is 9.82. The van der Waals surface area contributed by atoms with E-state index in [2.05, 4.69) is 50.1 Å². The van der Waals surface area contributed by atoms with Crippen molar-refractivity contribution in [1.82, 2.24) is 16.0 Å². The summed E-state index contributed by atoms with van der Waals surface area (Å²) < 4.78 is 6.19. The third-order valence-corrected chi connectivity index (χ3v) is 9.01. The molecule has 2 saturated heterocycles. The van der Waals surface area contributed by atoms with Crippen molar-refractivity contribution < 1.29 is 9.53 Å². The van der Waals surface area contributed by atoms with Crippen molar-refractivity contribution >= 4 is 21.8 Å². The van der Waals surface area contributed by atoms with Crippen LogP contribution in [0.4, 0.5) is 0 Å². The Morgan fingerprint density at radius 3 is 2.55 bits per heavy atom. The lowest BCUT2D eigenvalue weighted by Gasteiger charge is -2.40. The first-order chi connectivity index (χ1) is 16.0. The minimum Gasteiger partial charge on any atom is -0.358 e. The minimum absolute atomic E-state index is 0.00897. The molecule has 9 unspecified atom stereocenters. The van der Waals surface area contributed by atoms with E-state index in [-0.39, 0.29) is 35.0 Å². The molecule has 7 heteroatoms. The molecule has 2 bridgehead atoms. The molecule has 0 spiro atoms. The Labute approximate surface area is 204 Å². The second-order valence-corrected chi connectivity index (χ2v) is 11.2. The SMILES string of the molecule is CC(NC(=O)C1C(C#N)OC2C(Br)C(NC3CC4C=CC(CC4)C3)NCC21)c1ccccc1. The van der Waals surface area contributed by atoms with Gasteiger partial charge in [-0.05, 0) is 50.0 Å². The van der Waals surface area contributed by atoms with E-state index in [9.17, 15) is 10.1 Å². The highest BCUT2D eigenvalue weighted by Crippen LogP contribution is 2.40. The summed E-state index contributed by atoms with van der Waals surface area (Å²) in [6.45, 7) is 2.63. The molecule has 1 saturated carbocycles. The number of fused-ring (bicyclic) bond motifs is 4. The van der Waals surface area contributed by atoms with Crippen molar-refractivity contribution in [1.29, 1.82) is 5.26 Å². The molecule has 2 aliphatic heterocycles. The number of ether oxygens (including phenoxy) is 1. The average Bonchev–Trinajstić information content (AvgIpc) is 2.97. The number of amides is 1. The van der Waals surface area contributed by atoms with E-state index in [1.54, 1.807) is 0 Å². The molecular weight excluding hydrogens is 480 g/mol. The van der Waals surface area contributed by atoms with E-state index in [4.69, 9.17) is 4.74 Å². The lowest BCUT2D eigenvalue weighted by Crippen LogP contribution is -2.62. The van der Waals surface area contributed by atoms with Crippen LogP contribution >= 0.6 is 15.9 Å². The Kier molecular flexibility index (Phi) is 6.89. The van der Waals surface area contributed by atoms with Gasteiger partial charge in [-0.15, -0.1) is 0 Å². The van der Waals surface area contributed by atoms with E-state index in [0.717, 1.165) is 5.56 Å². The van der Waals surface area contributed by atoms with Crippen LogP contribution in [0.2, 0.25) is 0 Å². The monoisotopic (exact) mass is 512 g/mol. The van der Waals surface area contributed by atoms with Crippen LogP contribution in [0, 0.1) is 35.0 Å². The number of rotatable bonds is 5. The van der Waals surface area contributed by atoms with E-state index >= 15 is 0 Å². The summed E-state index contributed by atoms with van der Waals surface area (Å²) in [5.74, 6) is 0.711. The summed E-state index contributed by atoms with van der Waals surface area (Å²) in [6.07, 6.45) is 8.88. The van der Waals surface area contributed by atoms with Crippen LogP contribution in [-0.4, -0.2) is 41.7 Å². The molecule has 6 rings (SSSR count). The molecule has 33 heavy (non-hydrogen) atoms. The van der Waals surface area contributed by atoms with E-state index in [1.807, 2.05) is 37.3 Å². The van der Waals surface area contributed by atoms with Crippen LogP contribution in [0.25, 0.3) is 0 Å². The number of halogens is 1. The molecule has 0 radical (unpaired) electrons. The van der Waals surface area contributed by atoms with Gasteiger partial charge in [-0.2, -0.15) is 5.26 Å². The highest BCUT2D eigenvalue weighted by molar-refractivity contribution is 9.09. The highest BCUT2D eigenvalue weighted by Gasteiger charge is 2.54. The van der Waals surface area contributed by atoms with Crippen LogP contribution in [0.15, 0.2) is 42.5 Å². The Morgan fingerprint density at radius 1 is 1.21 bits per heavy atom. The standard InChI is InChI=1S/C26H33BrN4O2/c1-15(18-5-3-2-4-6-18)30-26(32)22-20-14-29-25(23(27)24(20)33-21(22)13-28)31-19-11-16-7-8-17(12-19)10-9-16/h2-8,15-17,19-25,29,31H,9-12,14H2,1H3,(H,30,32). The number of nitriles is 1. The van der Waals surface area contributed by atoms with Gasteiger partial charge in [0.1, 0.15) is 0 Å². The predicted molar refractivity (Wildman–Crippen MR) is 130 cm³/mol. The minimum atomic E-state index is -0.735. The number of carbonyl (C=O) groups is 1. The summed E-state index contributed by atoms with van der Waals surface area (Å²) >= 11 is 3.87. The molecule has 6 nitrogen and oxygen atoms in total. The number of benzene rings is 1. The van der Waals surface area contributed by atoms with Gasteiger partial charge in [0, 0.05) is 18.5 Å². The fourth-order valence-electron chi connectivity index (χ4n) is 6.18. The fraction of sp³-hybridized carbons (Fsp3) is 0.615. The van der Waals surface area contributed by atoms with Crippen molar-refractivity contribution in [3.8, 4) is 6.07 Å². The molecule has 3 aliphatic carbocycles. The van der Waals surface area contributed by atoms with Gasteiger partial charge in [-0.25, -0.2) is 0 Å². The van der Waals surface area contributed by atoms with Crippen molar-refractivity contribution in [3.63, 3.8) is 0 Å². The Bertz CT molecular complexity index is 903. The first-order valence-electron chi connectivity index (χ1n) is 12.3. The van der Waals surface area contributed by atoms with E-state index < -0.39 is 12.0 Å². The van der Waals surface area contributed by atoms with Crippen molar-refractivity contribution in [3.05, 3.63) is 48.0 Å². The second-order valence-electron chi connectivity index (χ2n) is 10.1. The maximum atomic E-state index is 13.3. The molecule has 3 N–H and O–H groups in total. The van der Waals surface area contributed by atoms with Crippen LogP contribution in [-0.2, 0) is 9.53 Å². The number of piperidine rings is 1. The van der Waals surface area contributed by atoms with Gasteiger partial charge in [-0.1, -0.05) is 58.4 Å². The molecule has 0 aromatic heterocycles. The molecule has 5 aliphatic rings. The van der Waals surface area contributed by atoms with Gasteiger partial charge in [0.2, 0.25) is 5.91 Å². The average molecular weight is 513 g/mol. The van der Waals surface area contributed by atoms with Gasteiger partial charge < -0.3 is 15.4 Å². The summed E-state index contributed by atoms with van der Waals surface area (Å²) in [5.41, 5.74) is 1.05. The van der Waals surface area contributed by atoms with E-state index in [0.29, 0.717) is 24.4 Å². The number of allylic oxidation sites excluding steroid dienone is 2. The van der Waals surface area contributed by atoms with E-state index in [1.165, 1.54) is 25.7 Å². The summed E-state index contributed by atoms with van der Waals surface area (Å²) in [4.78, 5) is 13.3. The smallest absolute Gasteiger partial charge is 0.227 e. The number of nitrogens with zero attached hydrogens (tertiary/aromatic N) is 1. The summed E-state index contributed by atoms with van der Waals surface area (Å²) in [6, 6.07) is 12.5. The highest BCUT2D eigenvalue weighted by atomic mass is 79.9. The maximum Gasteiger partial charge on any atom is 0.227 e. The van der Waals surface area contributed by atoms with Crippen LogP contribution < -0.4 is 16.0 Å². The van der Waals surface area contributed by atoms with Crippen LogP contribution in [0.5, 0.6) is 0 Å². The number of carbonyl (C=O) groups excluding carboxylic acids is 1. The van der Waals surface area contributed by atoms with Crippen LogP contribution in [0.3, 0.4) is 0 Å². The Hall–Kier alpha value is -1.72. The zero-order valence-electron chi connectivity index (χ0n) is 19.0. The number of hydrogen-bond acceptors (Lipinski definition) is 5. The number of hydrogen-bond donors (Lipinski definition) is 3. The first kappa shape index (κ1) is 23.0. The molecule has 2 heterocycles. The predicted octanol–water partition coefficient (Wildman–Crippen LogP) is 3.41. The maximum absolute atomic E-state index is 13.3. The molecule has 3 fully saturated rings. The van der Waals surface area contributed by atoms with Gasteiger partial charge >= 0.3 is 0 Å². The zero-order valence-corrected chi connectivity index (χ0v) is 20.6. The van der Waals surface area contributed by atoms with Crippen LogP contribution in [0.1, 0.15) is 44.2 Å².